The van der Waals surface area contributed by atoms with Crippen LogP contribution in [0.4, 0.5) is 4.39 Å². The summed E-state index contributed by atoms with van der Waals surface area (Å²) in [4.78, 5) is 18.0. The summed E-state index contributed by atoms with van der Waals surface area (Å²) in [5.41, 5.74) is 2.77. The molecule has 2 N–H and O–H groups in total. The minimum Gasteiger partial charge on any atom is -0.508 e. The first-order valence-electron chi connectivity index (χ1n) is 11.8. The molecular formula is C27H29FN2O4. The Balaban J connectivity index is 1.47. The number of carbonyl (C=O) groups is 1. The number of nitrogens with zero attached hydrogens (tertiary/aromatic N) is 2. The maximum Gasteiger partial charge on any atom is 0.317 e. The lowest BCUT2D eigenvalue weighted by Crippen LogP contribution is -2.46. The Kier molecular flexibility index (Phi) is 5.68. The first-order valence-corrected chi connectivity index (χ1v) is 11.8. The van der Waals surface area contributed by atoms with Crippen molar-refractivity contribution >= 4 is 16.7 Å². The molecule has 1 saturated carbocycles. The molecule has 178 valence electrons. The van der Waals surface area contributed by atoms with Gasteiger partial charge in [-0.25, -0.2) is 9.37 Å². The van der Waals surface area contributed by atoms with E-state index in [0.29, 0.717) is 5.88 Å². The Labute approximate surface area is 198 Å². The second-order valence-corrected chi connectivity index (χ2v) is 10.1. The summed E-state index contributed by atoms with van der Waals surface area (Å²) >= 11 is 0. The van der Waals surface area contributed by atoms with Crippen molar-refractivity contribution in [3.05, 3.63) is 54.0 Å². The van der Waals surface area contributed by atoms with Crippen molar-refractivity contribution in [3.8, 4) is 22.8 Å². The fraction of sp³-hybridized carbons (Fsp3) is 0.407. The van der Waals surface area contributed by atoms with Crippen molar-refractivity contribution in [1.82, 2.24) is 9.88 Å². The van der Waals surface area contributed by atoms with E-state index in [4.69, 9.17) is 14.8 Å². The highest BCUT2D eigenvalue weighted by molar-refractivity contribution is 6.01. The Morgan fingerprint density at radius 1 is 1.21 bits per heavy atom. The zero-order valence-corrected chi connectivity index (χ0v) is 19.4. The van der Waals surface area contributed by atoms with E-state index < -0.39 is 5.97 Å². The molecule has 7 heteroatoms. The monoisotopic (exact) mass is 464 g/mol. The SMILES string of the molecule is CC(C)c1nc(OC2CC3(CCN(CC(=O)O)C3)C2)c2cc(O)ccc2c1-c1ccc(F)cc1. The van der Waals surface area contributed by atoms with Crippen LogP contribution in [0, 0.1) is 11.2 Å². The highest BCUT2D eigenvalue weighted by Gasteiger charge is 2.50. The first kappa shape index (κ1) is 22.6. The normalized spacial score (nSPS) is 22.4. The van der Waals surface area contributed by atoms with Gasteiger partial charge in [0.05, 0.1) is 12.2 Å². The highest BCUT2D eigenvalue weighted by Crippen LogP contribution is 2.50. The molecule has 1 saturated heterocycles. The quantitative estimate of drug-likeness (QED) is 0.523. The fourth-order valence-corrected chi connectivity index (χ4v) is 5.55. The lowest BCUT2D eigenvalue weighted by atomic mass is 9.66. The van der Waals surface area contributed by atoms with Crippen LogP contribution in [0.15, 0.2) is 42.5 Å². The molecule has 1 aliphatic carbocycles. The average Bonchev–Trinajstić information content (AvgIpc) is 3.17. The number of ether oxygens (including phenoxy) is 1. The topological polar surface area (TPSA) is 82.9 Å². The van der Waals surface area contributed by atoms with Crippen LogP contribution in [0.5, 0.6) is 11.6 Å². The Morgan fingerprint density at radius 2 is 1.94 bits per heavy atom. The molecule has 1 aromatic heterocycles. The van der Waals surface area contributed by atoms with Crippen molar-refractivity contribution < 1.29 is 24.1 Å². The van der Waals surface area contributed by atoms with Crippen molar-refractivity contribution in [2.45, 2.75) is 45.1 Å². The van der Waals surface area contributed by atoms with E-state index in [2.05, 4.69) is 13.8 Å². The summed E-state index contributed by atoms with van der Waals surface area (Å²) in [5.74, 6) is -0.347. The van der Waals surface area contributed by atoms with Crippen LogP contribution in [-0.2, 0) is 4.79 Å². The minimum atomic E-state index is -0.790. The standard InChI is InChI=1S/C27H29FN2O4/c1-16(2)25-24(17-3-5-18(28)6-4-17)21-8-7-19(31)11-22(21)26(29-25)34-20-12-27(13-20)9-10-30(15-27)14-23(32)33/h3-8,11,16,20,31H,9-10,12-15H2,1-2H3,(H,32,33). The number of benzene rings is 2. The van der Waals surface area contributed by atoms with Crippen LogP contribution in [0.3, 0.4) is 0 Å². The van der Waals surface area contributed by atoms with Gasteiger partial charge in [0.25, 0.3) is 0 Å². The van der Waals surface area contributed by atoms with Gasteiger partial charge in [0.2, 0.25) is 5.88 Å². The number of halogens is 1. The number of carboxylic acid groups (broad SMARTS) is 1. The van der Waals surface area contributed by atoms with E-state index in [1.54, 1.807) is 24.3 Å². The lowest BCUT2D eigenvalue weighted by molar-refractivity contribution is -0.138. The number of aromatic hydroxyl groups is 1. The van der Waals surface area contributed by atoms with E-state index in [-0.39, 0.29) is 35.5 Å². The number of likely N-dealkylation sites (tertiary alicyclic amines) is 1. The van der Waals surface area contributed by atoms with Crippen LogP contribution in [-0.4, -0.2) is 51.8 Å². The fourth-order valence-electron chi connectivity index (χ4n) is 5.55. The summed E-state index contributed by atoms with van der Waals surface area (Å²) in [6.45, 7) is 5.81. The van der Waals surface area contributed by atoms with E-state index in [1.165, 1.54) is 12.1 Å². The Hall–Kier alpha value is -3.19. The molecule has 34 heavy (non-hydrogen) atoms. The van der Waals surface area contributed by atoms with Gasteiger partial charge in [-0.2, -0.15) is 0 Å². The summed E-state index contributed by atoms with van der Waals surface area (Å²) in [6.07, 6.45) is 2.71. The number of hydrogen-bond donors (Lipinski definition) is 2. The van der Waals surface area contributed by atoms with Crippen LogP contribution >= 0.6 is 0 Å². The van der Waals surface area contributed by atoms with Crippen molar-refractivity contribution in [3.63, 3.8) is 0 Å². The third-order valence-corrected chi connectivity index (χ3v) is 7.14. The third kappa shape index (κ3) is 4.20. The molecule has 2 aromatic carbocycles. The van der Waals surface area contributed by atoms with Gasteiger partial charge < -0.3 is 14.9 Å². The van der Waals surface area contributed by atoms with Gasteiger partial charge in [-0.15, -0.1) is 0 Å². The molecule has 0 amide bonds. The summed E-state index contributed by atoms with van der Waals surface area (Å²) in [6, 6.07) is 11.6. The number of aliphatic carboxylic acids is 1. The van der Waals surface area contributed by atoms with Crippen LogP contribution in [0.2, 0.25) is 0 Å². The molecule has 2 heterocycles. The van der Waals surface area contributed by atoms with Gasteiger partial charge in [-0.3, -0.25) is 9.69 Å². The van der Waals surface area contributed by atoms with Crippen LogP contribution in [0.25, 0.3) is 21.9 Å². The second kappa shape index (κ2) is 8.55. The molecule has 6 nitrogen and oxygen atoms in total. The van der Waals surface area contributed by atoms with E-state index in [9.17, 15) is 14.3 Å². The minimum absolute atomic E-state index is 0.000453. The van der Waals surface area contributed by atoms with Gasteiger partial charge in [0.1, 0.15) is 17.7 Å². The summed E-state index contributed by atoms with van der Waals surface area (Å²) in [5, 5.41) is 20.9. The maximum absolute atomic E-state index is 13.6. The number of aromatic nitrogens is 1. The number of fused-ring (bicyclic) bond motifs is 1. The summed E-state index contributed by atoms with van der Waals surface area (Å²) < 4.78 is 20.0. The number of rotatable bonds is 6. The van der Waals surface area contributed by atoms with Gasteiger partial charge in [0, 0.05) is 17.5 Å². The van der Waals surface area contributed by atoms with Crippen LogP contribution in [0.1, 0.15) is 44.7 Å². The molecule has 0 bridgehead atoms. The number of pyridine rings is 1. The van der Waals surface area contributed by atoms with Gasteiger partial charge in [-0.1, -0.05) is 26.0 Å². The molecule has 1 spiro atoms. The van der Waals surface area contributed by atoms with E-state index >= 15 is 0 Å². The average molecular weight is 465 g/mol. The van der Waals surface area contributed by atoms with E-state index in [0.717, 1.165) is 59.9 Å². The molecule has 0 unspecified atom stereocenters. The van der Waals surface area contributed by atoms with Crippen molar-refractivity contribution in [1.29, 1.82) is 0 Å². The molecule has 5 rings (SSSR count). The lowest BCUT2D eigenvalue weighted by Gasteiger charge is -2.44. The maximum atomic E-state index is 13.6. The predicted octanol–water partition coefficient (Wildman–Crippen LogP) is 5.19. The zero-order valence-electron chi connectivity index (χ0n) is 19.4. The zero-order chi connectivity index (χ0) is 24.0. The molecule has 2 fully saturated rings. The van der Waals surface area contributed by atoms with Gasteiger partial charge in [0.15, 0.2) is 0 Å². The summed E-state index contributed by atoms with van der Waals surface area (Å²) in [7, 11) is 0. The van der Waals surface area contributed by atoms with Gasteiger partial charge in [-0.05, 0) is 78.4 Å². The molecule has 3 aromatic rings. The van der Waals surface area contributed by atoms with Crippen LogP contribution < -0.4 is 4.74 Å². The van der Waals surface area contributed by atoms with Crippen molar-refractivity contribution in [2.75, 3.05) is 19.6 Å². The number of carboxylic acids is 1. The number of phenols is 1. The van der Waals surface area contributed by atoms with Crippen molar-refractivity contribution in [2.24, 2.45) is 5.41 Å². The molecule has 1 aliphatic heterocycles. The van der Waals surface area contributed by atoms with E-state index in [1.807, 2.05) is 11.0 Å². The molecule has 2 aliphatic rings. The predicted molar refractivity (Wildman–Crippen MR) is 128 cm³/mol. The number of phenolic OH excluding ortho intramolecular Hbond substituents is 1. The highest BCUT2D eigenvalue weighted by atomic mass is 19.1. The second-order valence-electron chi connectivity index (χ2n) is 10.1. The molecule has 0 radical (unpaired) electrons. The Morgan fingerprint density at radius 3 is 2.62 bits per heavy atom. The molecule has 0 atom stereocenters. The third-order valence-electron chi connectivity index (χ3n) is 7.14. The largest absolute Gasteiger partial charge is 0.508 e. The Bertz CT molecular complexity index is 1240. The van der Waals surface area contributed by atoms with Gasteiger partial charge >= 0.3 is 5.97 Å². The molecular weight excluding hydrogens is 435 g/mol. The number of hydrogen-bond acceptors (Lipinski definition) is 5. The smallest absolute Gasteiger partial charge is 0.317 e. The first-order chi connectivity index (χ1) is 16.2.